The zero-order chi connectivity index (χ0) is 31.4. The summed E-state index contributed by atoms with van der Waals surface area (Å²) in [6, 6.07) is 11.6. The van der Waals surface area contributed by atoms with E-state index >= 15 is 0 Å². The zero-order valence-corrected chi connectivity index (χ0v) is 26.1. The van der Waals surface area contributed by atoms with Gasteiger partial charge in [-0.05, 0) is 83.1 Å². The second-order valence-electron chi connectivity index (χ2n) is 11.9. The van der Waals surface area contributed by atoms with Crippen LogP contribution in [0.25, 0.3) is 11.0 Å². The van der Waals surface area contributed by atoms with E-state index in [2.05, 4.69) is 42.2 Å². The lowest BCUT2D eigenvalue weighted by molar-refractivity contribution is 0.0497. The number of carbonyl (C=O) groups excluding carboxylic acids is 1. The molecule has 230 valence electrons. The number of aryl methyl sites for hydroxylation is 1. The molecule has 5 rings (SSSR count). The number of nitrogens with zero attached hydrogens (tertiary/aromatic N) is 7. The zero-order valence-electron chi connectivity index (χ0n) is 26.1. The summed E-state index contributed by atoms with van der Waals surface area (Å²) in [7, 11) is 3.93. The van der Waals surface area contributed by atoms with Crippen LogP contribution >= 0.6 is 0 Å². The largest absolute Gasteiger partial charge is 0.457 e. The lowest BCUT2D eigenvalue weighted by Gasteiger charge is -2.32. The number of rotatable bonds is 8. The first-order chi connectivity index (χ1) is 21.0. The number of benzene rings is 2. The number of nitrogens with one attached hydrogen (secondary N) is 2. The van der Waals surface area contributed by atoms with Crippen molar-refractivity contribution in [1.29, 1.82) is 0 Å². The molecule has 1 aliphatic heterocycles. The Labute approximate surface area is 257 Å². The monoisotopic (exact) mass is 597 g/mol. The van der Waals surface area contributed by atoms with Gasteiger partial charge in [0.1, 0.15) is 34.5 Å². The predicted octanol–water partition coefficient (Wildman–Crippen LogP) is 6.16. The summed E-state index contributed by atoms with van der Waals surface area (Å²) in [5, 5.41) is 6.36. The Bertz CT molecular complexity index is 1660. The van der Waals surface area contributed by atoms with Crippen LogP contribution in [0.3, 0.4) is 0 Å². The van der Waals surface area contributed by atoms with Crippen LogP contribution in [0.5, 0.6) is 11.5 Å². The van der Waals surface area contributed by atoms with Crippen LogP contribution in [0, 0.1) is 6.92 Å². The highest BCUT2D eigenvalue weighted by Crippen LogP contribution is 2.35. The number of anilines is 4. The van der Waals surface area contributed by atoms with Crippen molar-refractivity contribution in [3.63, 3.8) is 0 Å². The lowest BCUT2D eigenvalue weighted by Crippen LogP contribution is -2.46. The van der Waals surface area contributed by atoms with Crippen molar-refractivity contribution in [3.8, 4) is 11.5 Å². The van der Waals surface area contributed by atoms with Crippen molar-refractivity contribution in [2.24, 2.45) is 4.99 Å². The average Bonchev–Trinajstić information content (AvgIpc) is 2.97. The summed E-state index contributed by atoms with van der Waals surface area (Å²) in [6.45, 7) is 12.6. The molecule has 0 unspecified atom stereocenters. The predicted molar refractivity (Wildman–Crippen MR) is 174 cm³/mol. The van der Waals surface area contributed by atoms with Crippen molar-refractivity contribution in [1.82, 2.24) is 25.3 Å². The quantitative estimate of drug-likeness (QED) is 0.228. The lowest BCUT2D eigenvalue weighted by atomic mass is 10.1. The maximum Gasteiger partial charge on any atom is 0.407 e. The van der Waals surface area contributed by atoms with Crippen LogP contribution in [0.2, 0.25) is 0 Å². The Morgan fingerprint density at radius 2 is 1.86 bits per heavy atom. The Balaban J connectivity index is 1.27. The van der Waals surface area contributed by atoms with Crippen molar-refractivity contribution < 1.29 is 14.3 Å². The van der Waals surface area contributed by atoms with Gasteiger partial charge in [-0.3, -0.25) is 4.99 Å². The molecular formula is C32H39N9O3. The number of ether oxygens (including phenoxy) is 2. The number of aromatic nitrogens is 4. The summed E-state index contributed by atoms with van der Waals surface area (Å²) in [6.07, 6.45) is 4.34. The number of alkyl carbamates (subject to hydrolysis) is 1. The number of carbonyl (C=O) groups is 1. The highest BCUT2D eigenvalue weighted by Gasteiger charge is 2.25. The van der Waals surface area contributed by atoms with Crippen molar-refractivity contribution >= 4 is 52.7 Å². The van der Waals surface area contributed by atoms with Gasteiger partial charge in [-0.1, -0.05) is 0 Å². The Hall–Kier alpha value is -5.00. The average molecular weight is 598 g/mol. The molecule has 0 bridgehead atoms. The molecule has 1 fully saturated rings. The van der Waals surface area contributed by atoms with E-state index in [-0.39, 0.29) is 6.04 Å². The minimum absolute atomic E-state index is 0.0374. The second kappa shape index (κ2) is 12.7. The number of amides is 1. The fourth-order valence-electron chi connectivity index (χ4n) is 4.96. The third-order valence-corrected chi connectivity index (χ3v) is 7.13. The van der Waals surface area contributed by atoms with E-state index in [0.717, 1.165) is 41.2 Å². The van der Waals surface area contributed by atoms with Crippen LogP contribution in [0.1, 0.15) is 39.2 Å². The van der Waals surface area contributed by atoms with Crippen LogP contribution in [-0.4, -0.2) is 71.6 Å². The maximum atomic E-state index is 12.2. The van der Waals surface area contributed by atoms with E-state index in [9.17, 15) is 4.79 Å². The normalized spacial score (nSPS) is 13.8. The Morgan fingerprint density at radius 1 is 1.09 bits per heavy atom. The standard InChI is InChI=1S/C32H39N9O3/c1-20-16-22(8-11-27(20)43-23-9-10-26(40(6)7)24(17-23)33-5)37-29-28-25(35-19-36-29)18-34-30(39-28)41-14-12-21(13-15-41)38-31(42)44-32(2,3)4/h8-11,16-19,21H,5,12-15H2,1-4,6-7H3,(H,38,42)(H,35,36,37). The molecule has 0 spiro atoms. The molecule has 0 radical (unpaired) electrons. The molecule has 2 aromatic heterocycles. The first-order valence-corrected chi connectivity index (χ1v) is 14.5. The van der Waals surface area contributed by atoms with E-state index in [0.29, 0.717) is 41.6 Å². The first-order valence-electron chi connectivity index (χ1n) is 14.5. The molecule has 4 aromatic rings. The van der Waals surface area contributed by atoms with Crippen LogP contribution < -0.4 is 25.2 Å². The third-order valence-electron chi connectivity index (χ3n) is 7.13. The minimum Gasteiger partial charge on any atom is -0.457 e. The van der Waals surface area contributed by atoms with Gasteiger partial charge in [-0.2, -0.15) is 0 Å². The number of aliphatic imine (C=N–C) groups is 1. The molecule has 2 aromatic carbocycles. The molecule has 3 heterocycles. The molecule has 44 heavy (non-hydrogen) atoms. The summed E-state index contributed by atoms with van der Waals surface area (Å²) >= 11 is 0. The van der Waals surface area contributed by atoms with Gasteiger partial charge >= 0.3 is 6.09 Å². The number of hydrogen-bond donors (Lipinski definition) is 2. The summed E-state index contributed by atoms with van der Waals surface area (Å²) < 4.78 is 11.6. The Kier molecular flexibility index (Phi) is 8.79. The maximum absolute atomic E-state index is 12.2. The molecule has 1 saturated heterocycles. The van der Waals surface area contributed by atoms with E-state index in [1.54, 1.807) is 6.20 Å². The molecule has 1 aliphatic rings. The van der Waals surface area contributed by atoms with E-state index in [4.69, 9.17) is 14.5 Å². The van der Waals surface area contributed by atoms with Crippen LogP contribution in [-0.2, 0) is 4.74 Å². The van der Waals surface area contributed by atoms with Crippen molar-refractivity contribution in [2.45, 2.75) is 52.2 Å². The van der Waals surface area contributed by atoms with Gasteiger partial charge in [-0.25, -0.2) is 24.7 Å². The minimum atomic E-state index is -0.529. The SMILES string of the molecule is C=Nc1cc(Oc2ccc(Nc3ncnc4cnc(N5CCC(NC(=O)OC(C)(C)C)CC5)nc34)cc2C)ccc1N(C)C. The molecular weight excluding hydrogens is 558 g/mol. The van der Waals surface area contributed by atoms with Gasteiger partial charge in [-0.15, -0.1) is 0 Å². The molecule has 12 heteroatoms. The fourth-order valence-corrected chi connectivity index (χ4v) is 4.96. The van der Waals surface area contributed by atoms with Gasteiger partial charge in [0.2, 0.25) is 5.95 Å². The first kappa shape index (κ1) is 30.5. The van der Waals surface area contributed by atoms with Crippen LogP contribution in [0.15, 0.2) is 53.9 Å². The van der Waals surface area contributed by atoms with Gasteiger partial charge in [0.05, 0.1) is 17.6 Å². The second-order valence-corrected chi connectivity index (χ2v) is 11.9. The molecule has 2 N–H and O–H groups in total. The topological polar surface area (TPSA) is 130 Å². The fraction of sp³-hybridized carbons (Fsp3) is 0.375. The van der Waals surface area contributed by atoms with E-state index < -0.39 is 11.7 Å². The number of fused-ring (bicyclic) bond motifs is 1. The molecule has 0 aliphatic carbocycles. The third kappa shape index (κ3) is 7.31. The van der Waals surface area contributed by atoms with Gasteiger partial charge < -0.3 is 29.9 Å². The summed E-state index contributed by atoms with van der Waals surface area (Å²) in [5.74, 6) is 2.58. The van der Waals surface area contributed by atoms with Gasteiger partial charge in [0.25, 0.3) is 0 Å². The van der Waals surface area contributed by atoms with Gasteiger partial charge in [0, 0.05) is 45.0 Å². The highest BCUT2D eigenvalue weighted by molar-refractivity contribution is 5.87. The molecule has 12 nitrogen and oxygen atoms in total. The number of hydrogen-bond acceptors (Lipinski definition) is 11. The summed E-state index contributed by atoms with van der Waals surface area (Å²) in [4.78, 5) is 38.6. The van der Waals surface area contributed by atoms with Crippen molar-refractivity contribution in [3.05, 3.63) is 54.5 Å². The van der Waals surface area contributed by atoms with E-state index in [1.807, 2.05) is 83.1 Å². The number of piperidine rings is 1. The van der Waals surface area contributed by atoms with Crippen LogP contribution in [0.4, 0.5) is 33.6 Å². The Morgan fingerprint density at radius 3 is 2.55 bits per heavy atom. The van der Waals surface area contributed by atoms with Crippen molar-refractivity contribution in [2.75, 3.05) is 42.3 Å². The molecule has 1 amide bonds. The summed E-state index contributed by atoms with van der Waals surface area (Å²) in [5.41, 5.74) is 4.22. The van der Waals surface area contributed by atoms with E-state index in [1.165, 1.54) is 6.33 Å². The molecule has 0 saturated carbocycles. The van der Waals surface area contributed by atoms with Gasteiger partial charge in [0.15, 0.2) is 5.82 Å². The smallest absolute Gasteiger partial charge is 0.407 e. The molecule has 0 atom stereocenters. The highest BCUT2D eigenvalue weighted by atomic mass is 16.6.